The van der Waals surface area contributed by atoms with Crippen LogP contribution in [0.2, 0.25) is 0 Å². The van der Waals surface area contributed by atoms with Crippen molar-refractivity contribution in [2.24, 2.45) is 13.0 Å². The number of amides is 3. The number of likely N-dealkylation sites (tertiary alicyclic amines) is 1. The molecule has 0 radical (unpaired) electrons. The first-order valence-corrected chi connectivity index (χ1v) is 15.4. The Bertz CT molecular complexity index is 1660. The number of rotatable bonds is 3. The monoisotopic (exact) mass is 611 g/mol. The molecule has 11 nitrogen and oxygen atoms in total. The molecule has 45 heavy (non-hydrogen) atoms. The van der Waals surface area contributed by atoms with Gasteiger partial charge in [0.25, 0.3) is 11.8 Å². The lowest BCUT2D eigenvalue weighted by molar-refractivity contribution is -0.124. The summed E-state index contributed by atoms with van der Waals surface area (Å²) in [6.45, 7) is 2.62. The van der Waals surface area contributed by atoms with Crippen molar-refractivity contribution in [1.29, 1.82) is 5.26 Å². The van der Waals surface area contributed by atoms with Crippen molar-refractivity contribution in [3.05, 3.63) is 76.6 Å². The first-order valence-electron chi connectivity index (χ1n) is 15.4. The predicted octanol–water partition coefficient (Wildman–Crippen LogP) is 3.13. The second-order valence-corrected chi connectivity index (χ2v) is 11.7. The van der Waals surface area contributed by atoms with Crippen LogP contribution in [-0.2, 0) is 18.3 Å². The van der Waals surface area contributed by atoms with Gasteiger partial charge in [0, 0.05) is 50.9 Å². The molecule has 0 aliphatic carbocycles. The topological polar surface area (TPSA) is 126 Å². The van der Waals surface area contributed by atoms with Crippen molar-refractivity contribution in [3.8, 4) is 23.3 Å². The predicted molar refractivity (Wildman–Crippen MR) is 165 cm³/mol. The number of aromatic nitrogens is 1. The van der Waals surface area contributed by atoms with Crippen molar-refractivity contribution >= 4 is 17.7 Å². The molecule has 2 aromatic carbocycles. The highest BCUT2D eigenvalue weighted by atomic mass is 16.5. The molecule has 1 fully saturated rings. The second-order valence-electron chi connectivity index (χ2n) is 11.7. The van der Waals surface area contributed by atoms with E-state index >= 15 is 0 Å². The number of hydrogen-bond acceptors (Lipinski definition) is 7. The normalized spacial score (nSPS) is 20.0. The third-order valence-corrected chi connectivity index (χ3v) is 8.88. The lowest BCUT2D eigenvalue weighted by Crippen LogP contribution is -2.40. The molecule has 11 heteroatoms. The van der Waals surface area contributed by atoms with Crippen LogP contribution in [-0.4, -0.2) is 85.1 Å². The molecule has 2 bridgehead atoms. The largest absolute Gasteiger partial charge is 0.493 e. The van der Waals surface area contributed by atoms with E-state index in [4.69, 9.17) is 14.2 Å². The Morgan fingerprint density at radius 1 is 0.956 bits per heavy atom. The van der Waals surface area contributed by atoms with E-state index in [9.17, 15) is 19.6 Å². The van der Waals surface area contributed by atoms with Crippen LogP contribution in [0.5, 0.6) is 17.2 Å². The third kappa shape index (κ3) is 6.18. The number of carbonyl (C=O) groups is 3. The number of ether oxygens (including phenoxy) is 3. The molecule has 6 rings (SSSR count). The zero-order valence-corrected chi connectivity index (χ0v) is 25.6. The van der Waals surface area contributed by atoms with Gasteiger partial charge in [0.05, 0.1) is 31.7 Å². The van der Waals surface area contributed by atoms with E-state index in [0.29, 0.717) is 67.5 Å². The van der Waals surface area contributed by atoms with Crippen LogP contribution in [0.15, 0.2) is 48.7 Å². The second kappa shape index (κ2) is 12.9. The van der Waals surface area contributed by atoms with E-state index in [0.717, 1.165) is 29.7 Å². The number of carbonyl (C=O) groups excluding carboxylic acids is 3. The number of fused-ring (bicyclic) bond motifs is 5. The van der Waals surface area contributed by atoms with E-state index in [1.807, 2.05) is 30.3 Å². The fourth-order valence-corrected chi connectivity index (χ4v) is 6.48. The molecule has 3 aliphatic heterocycles. The van der Waals surface area contributed by atoms with Gasteiger partial charge in [-0.1, -0.05) is 6.07 Å². The van der Waals surface area contributed by atoms with Crippen LogP contribution < -0.4 is 19.5 Å². The fourth-order valence-electron chi connectivity index (χ4n) is 6.48. The van der Waals surface area contributed by atoms with Crippen molar-refractivity contribution in [3.63, 3.8) is 0 Å². The van der Waals surface area contributed by atoms with Gasteiger partial charge in [-0.05, 0) is 66.8 Å². The summed E-state index contributed by atoms with van der Waals surface area (Å²) in [7, 11) is 3.30. The summed E-state index contributed by atoms with van der Waals surface area (Å²) in [5, 5.41) is 12.4. The van der Waals surface area contributed by atoms with Crippen molar-refractivity contribution < 1.29 is 28.6 Å². The summed E-state index contributed by atoms with van der Waals surface area (Å²) in [5.74, 6) is 0.690. The van der Waals surface area contributed by atoms with Gasteiger partial charge in [-0.25, -0.2) is 0 Å². The van der Waals surface area contributed by atoms with E-state index < -0.39 is 5.92 Å². The van der Waals surface area contributed by atoms with Crippen LogP contribution in [0.4, 0.5) is 0 Å². The number of nitrogens with one attached hydrogen (secondary N) is 1. The molecule has 2 atom stereocenters. The van der Waals surface area contributed by atoms with Crippen molar-refractivity contribution in [1.82, 2.24) is 19.7 Å². The van der Waals surface area contributed by atoms with Gasteiger partial charge in [0.2, 0.25) is 5.91 Å². The molecular weight excluding hydrogens is 574 g/mol. The third-order valence-electron chi connectivity index (χ3n) is 8.88. The van der Waals surface area contributed by atoms with Gasteiger partial charge < -0.3 is 33.9 Å². The fraction of sp³-hybridized carbons (Fsp3) is 0.412. The Labute approximate surface area is 262 Å². The molecule has 3 aliphatic rings. The Hall–Kier alpha value is -4.98. The number of benzene rings is 2. The molecule has 0 saturated carbocycles. The molecule has 4 heterocycles. The van der Waals surface area contributed by atoms with Gasteiger partial charge in [-0.2, -0.15) is 5.26 Å². The minimum atomic E-state index is -0.468. The number of methoxy groups -OCH3 is 1. The molecular formula is C34H37N5O6. The molecule has 234 valence electrons. The van der Waals surface area contributed by atoms with Crippen LogP contribution in [0.3, 0.4) is 0 Å². The van der Waals surface area contributed by atoms with E-state index in [2.05, 4.69) is 11.4 Å². The van der Waals surface area contributed by atoms with Crippen LogP contribution >= 0.6 is 0 Å². The highest BCUT2D eigenvalue weighted by Gasteiger charge is 2.41. The lowest BCUT2D eigenvalue weighted by atomic mass is 9.88. The Morgan fingerprint density at radius 2 is 1.78 bits per heavy atom. The highest BCUT2D eigenvalue weighted by molar-refractivity contribution is 5.96. The molecule has 1 N–H and O–H groups in total. The molecule has 1 aromatic heterocycles. The van der Waals surface area contributed by atoms with Crippen molar-refractivity contribution in [2.75, 3.05) is 53.0 Å². The summed E-state index contributed by atoms with van der Waals surface area (Å²) in [4.78, 5) is 44.3. The number of nitriles is 1. The minimum Gasteiger partial charge on any atom is -0.493 e. The molecule has 3 amide bonds. The average Bonchev–Trinajstić information content (AvgIpc) is 3.68. The molecule has 0 spiro atoms. The van der Waals surface area contributed by atoms with Gasteiger partial charge in [-0.15, -0.1) is 0 Å². The smallest absolute Gasteiger partial charge is 0.270 e. The quantitative estimate of drug-likeness (QED) is 0.482. The summed E-state index contributed by atoms with van der Waals surface area (Å²) in [5.41, 5.74) is 3.31. The van der Waals surface area contributed by atoms with Gasteiger partial charge in [-0.3, -0.25) is 14.4 Å². The van der Waals surface area contributed by atoms with E-state index in [-0.39, 0.29) is 36.8 Å². The average molecular weight is 612 g/mol. The first-order chi connectivity index (χ1) is 21.9. The van der Waals surface area contributed by atoms with E-state index in [1.54, 1.807) is 46.9 Å². The Kier molecular flexibility index (Phi) is 8.65. The lowest BCUT2D eigenvalue weighted by Gasteiger charge is -2.25. The zero-order chi connectivity index (χ0) is 31.5. The molecule has 3 aromatic rings. The SMILES string of the molecule is COc1ccc2cc1OCCN(C(=O)c1cc(C#N)cn1C)CCCNC(=O)[C@H]1CN(C(=O)c3ccc4c(c3)CCCO4)C[C@H]21. The maximum Gasteiger partial charge on any atom is 0.270 e. The number of nitrogens with zero attached hydrogens (tertiary/aromatic N) is 4. The van der Waals surface area contributed by atoms with Crippen LogP contribution in [0.1, 0.15) is 56.3 Å². The van der Waals surface area contributed by atoms with Gasteiger partial charge in [0.15, 0.2) is 11.5 Å². The summed E-state index contributed by atoms with van der Waals surface area (Å²) in [6, 6.07) is 14.8. The maximum absolute atomic E-state index is 13.7. The number of aryl methyl sites for hydroxylation is 2. The minimum absolute atomic E-state index is 0.110. The Morgan fingerprint density at radius 3 is 2.58 bits per heavy atom. The van der Waals surface area contributed by atoms with E-state index in [1.165, 1.54) is 0 Å². The first kappa shape index (κ1) is 30.1. The summed E-state index contributed by atoms with van der Waals surface area (Å²) < 4.78 is 19.1. The summed E-state index contributed by atoms with van der Waals surface area (Å²) >= 11 is 0. The van der Waals surface area contributed by atoms with Gasteiger partial charge >= 0.3 is 0 Å². The standard InChI is InChI=1S/C34H37N5O6/c1-37-19-22(18-35)15-28(37)34(42)38-11-4-10-36-32(40)27-21-39(33(41)25-7-8-29-24(16-25)5-3-13-44-29)20-26(27)23-6-9-30(43-2)31(17-23)45-14-12-38/h6-9,15-17,19,26-27H,3-5,10-14,20-21H2,1-2H3,(H,36,40)/t26-,27+/m1/s1. The van der Waals surface area contributed by atoms with Gasteiger partial charge in [0.1, 0.15) is 24.1 Å². The van der Waals surface area contributed by atoms with Crippen LogP contribution in [0, 0.1) is 17.2 Å². The highest BCUT2D eigenvalue weighted by Crippen LogP contribution is 2.38. The molecule has 0 unspecified atom stereocenters. The Balaban J connectivity index is 1.25. The maximum atomic E-state index is 13.7. The number of hydrogen-bond donors (Lipinski definition) is 1. The van der Waals surface area contributed by atoms with Crippen molar-refractivity contribution in [2.45, 2.75) is 25.2 Å². The molecule has 1 saturated heterocycles. The summed E-state index contributed by atoms with van der Waals surface area (Å²) in [6.07, 6.45) is 3.93. The zero-order valence-electron chi connectivity index (χ0n) is 25.6. The van der Waals surface area contributed by atoms with Crippen LogP contribution in [0.25, 0.3) is 0 Å².